The van der Waals surface area contributed by atoms with Crippen molar-refractivity contribution in [3.63, 3.8) is 0 Å². The van der Waals surface area contributed by atoms with E-state index in [1.54, 1.807) is 18.7 Å². The van der Waals surface area contributed by atoms with Crippen molar-refractivity contribution in [3.05, 3.63) is 84.1 Å². The van der Waals surface area contributed by atoms with E-state index in [1.165, 1.54) is 22.5 Å². The molecule has 0 aliphatic carbocycles. The lowest BCUT2D eigenvalue weighted by atomic mass is 10.0. The Morgan fingerprint density at radius 2 is 1.81 bits per heavy atom. The van der Waals surface area contributed by atoms with Crippen molar-refractivity contribution >= 4 is 27.3 Å². The van der Waals surface area contributed by atoms with Crippen molar-refractivity contribution in [2.45, 2.75) is 13.5 Å². The first kappa shape index (κ1) is 22.2. The number of imidazole rings is 1. The van der Waals surface area contributed by atoms with E-state index in [2.05, 4.69) is 65.5 Å². The van der Waals surface area contributed by atoms with Crippen LogP contribution >= 0.6 is 11.3 Å². The van der Waals surface area contributed by atoms with Crippen LogP contribution in [0.4, 0.5) is 0 Å². The molecule has 6 rings (SSSR count). The van der Waals surface area contributed by atoms with Gasteiger partial charge in [0.25, 0.3) is 5.19 Å². The van der Waals surface area contributed by atoms with Crippen molar-refractivity contribution in [2.75, 3.05) is 14.2 Å². The number of aryl methyl sites for hydroxylation is 1. The predicted octanol–water partition coefficient (Wildman–Crippen LogP) is 6.78. The first-order chi connectivity index (χ1) is 17.6. The minimum Gasteiger partial charge on any atom is -0.496 e. The summed E-state index contributed by atoms with van der Waals surface area (Å²) in [4.78, 5) is 5.36. The van der Waals surface area contributed by atoms with Crippen LogP contribution < -0.4 is 14.2 Å². The molecule has 0 spiro atoms. The Morgan fingerprint density at radius 3 is 2.58 bits per heavy atom. The van der Waals surface area contributed by atoms with E-state index in [9.17, 15) is 0 Å². The highest BCUT2D eigenvalue weighted by molar-refractivity contribution is 7.18. The van der Waals surface area contributed by atoms with E-state index in [-0.39, 0.29) is 0 Å². The summed E-state index contributed by atoms with van der Waals surface area (Å²) in [7, 11) is 3.22. The van der Waals surface area contributed by atoms with E-state index in [0.717, 1.165) is 21.5 Å². The standard InChI is InChI=1S/C28H23N3O4S/c1-17-7-9-19(10-8-17)20-6-4-5-18(11-20)16-34-24-12-21(32-2)13-25-22(24)14-26(35-25)23-15-31-27(29-23)36-28(30-31)33-3/h4-15H,16H2,1-3H3. The number of methoxy groups -OCH3 is 2. The molecule has 0 radical (unpaired) electrons. The number of rotatable bonds is 7. The van der Waals surface area contributed by atoms with Gasteiger partial charge in [0.1, 0.15) is 29.4 Å². The van der Waals surface area contributed by atoms with Crippen LogP contribution in [0.1, 0.15) is 11.1 Å². The molecule has 8 heteroatoms. The normalized spacial score (nSPS) is 11.3. The second kappa shape index (κ2) is 9.05. The highest BCUT2D eigenvalue weighted by Gasteiger charge is 2.17. The number of ether oxygens (including phenoxy) is 3. The van der Waals surface area contributed by atoms with E-state index in [4.69, 9.17) is 18.6 Å². The minimum absolute atomic E-state index is 0.409. The Hall–Kier alpha value is -4.30. The van der Waals surface area contributed by atoms with Gasteiger partial charge in [-0.25, -0.2) is 9.50 Å². The molecule has 3 aromatic heterocycles. The molecule has 0 aliphatic rings. The number of aromatic nitrogens is 3. The summed E-state index contributed by atoms with van der Waals surface area (Å²) in [6.45, 7) is 2.50. The van der Waals surface area contributed by atoms with Crippen LogP contribution in [0.3, 0.4) is 0 Å². The number of fused-ring (bicyclic) bond motifs is 2. The maximum atomic E-state index is 6.29. The number of hydrogen-bond acceptors (Lipinski definition) is 7. The van der Waals surface area contributed by atoms with Gasteiger partial charge in [0.05, 0.1) is 25.8 Å². The van der Waals surface area contributed by atoms with Crippen LogP contribution in [-0.4, -0.2) is 28.8 Å². The van der Waals surface area contributed by atoms with Crippen LogP contribution in [-0.2, 0) is 6.61 Å². The van der Waals surface area contributed by atoms with Gasteiger partial charge in [-0.1, -0.05) is 48.0 Å². The lowest BCUT2D eigenvalue weighted by Crippen LogP contribution is -1.96. The largest absolute Gasteiger partial charge is 0.496 e. The maximum Gasteiger partial charge on any atom is 0.294 e. The summed E-state index contributed by atoms with van der Waals surface area (Å²) in [5.74, 6) is 1.96. The third-order valence-electron chi connectivity index (χ3n) is 5.97. The fourth-order valence-corrected chi connectivity index (χ4v) is 4.78. The van der Waals surface area contributed by atoms with E-state index < -0.39 is 0 Å². The molecule has 0 saturated heterocycles. The zero-order chi connectivity index (χ0) is 24.6. The average molecular weight is 498 g/mol. The lowest BCUT2D eigenvalue weighted by Gasteiger charge is -2.10. The minimum atomic E-state index is 0.409. The number of benzene rings is 3. The predicted molar refractivity (Wildman–Crippen MR) is 140 cm³/mol. The molecule has 0 atom stereocenters. The van der Waals surface area contributed by atoms with Crippen LogP contribution in [0.2, 0.25) is 0 Å². The van der Waals surface area contributed by atoms with E-state index >= 15 is 0 Å². The first-order valence-electron chi connectivity index (χ1n) is 11.4. The molecule has 0 unspecified atom stereocenters. The Bertz CT molecular complexity index is 1650. The lowest BCUT2D eigenvalue weighted by molar-refractivity contribution is 0.307. The maximum absolute atomic E-state index is 6.29. The SMILES string of the molecule is COc1cc(OCc2cccc(-c3ccc(C)cc3)c2)c2cc(-c3cn4nc(OC)sc4n3)oc2c1. The van der Waals surface area contributed by atoms with Crippen LogP contribution in [0, 0.1) is 6.92 Å². The monoisotopic (exact) mass is 497 g/mol. The molecule has 180 valence electrons. The van der Waals surface area contributed by atoms with Gasteiger partial charge < -0.3 is 18.6 Å². The van der Waals surface area contributed by atoms with Crippen molar-refractivity contribution in [1.29, 1.82) is 0 Å². The Morgan fingerprint density at radius 1 is 0.944 bits per heavy atom. The molecular formula is C28H23N3O4S. The second-order valence-electron chi connectivity index (χ2n) is 8.43. The molecule has 36 heavy (non-hydrogen) atoms. The topological polar surface area (TPSA) is 71.0 Å². The van der Waals surface area contributed by atoms with E-state index in [1.807, 2.05) is 24.4 Å². The number of hydrogen-bond donors (Lipinski definition) is 0. The summed E-state index contributed by atoms with van der Waals surface area (Å²) in [6, 6.07) is 22.6. The number of furan rings is 1. The fraction of sp³-hybridized carbons (Fsp3) is 0.143. The van der Waals surface area contributed by atoms with Gasteiger partial charge in [0, 0.05) is 12.1 Å². The van der Waals surface area contributed by atoms with Gasteiger partial charge >= 0.3 is 0 Å². The molecule has 0 aliphatic heterocycles. The smallest absolute Gasteiger partial charge is 0.294 e. The molecule has 6 aromatic rings. The zero-order valence-electron chi connectivity index (χ0n) is 20.0. The zero-order valence-corrected chi connectivity index (χ0v) is 20.8. The molecule has 0 fully saturated rings. The summed E-state index contributed by atoms with van der Waals surface area (Å²) < 4.78 is 24.8. The molecule has 3 aromatic carbocycles. The van der Waals surface area contributed by atoms with Gasteiger partial charge in [-0.2, -0.15) is 0 Å². The van der Waals surface area contributed by atoms with Crippen molar-refractivity contribution in [1.82, 2.24) is 14.6 Å². The summed E-state index contributed by atoms with van der Waals surface area (Å²) in [5, 5.41) is 5.74. The van der Waals surface area contributed by atoms with Gasteiger partial charge in [0.2, 0.25) is 4.96 Å². The Kier molecular flexibility index (Phi) is 5.58. The first-order valence-corrected chi connectivity index (χ1v) is 12.2. The Balaban J connectivity index is 1.30. The van der Waals surface area contributed by atoms with Gasteiger partial charge in [0.15, 0.2) is 5.76 Å². The molecule has 0 saturated carbocycles. The molecular weight excluding hydrogens is 474 g/mol. The summed E-state index contributed by atoms with van der Waals surface area (Å²) in [6.07, 6.45) is 1.82. The van der Waals surface area contributed by atoms with Crippen LogP contribution in [0.25, 0.3) is 38.5 Å². The summed E-state index contributed by atoms with van der Waals surface area (Å²) in [5.41, 5.74) is 5.99. The summed E-state index contributed by atoms with van der Waals surface area (Å²) >= 11 is 1.37. The number of nitrogens with zero attached hydrogens (tertiary/aromatic N) is 3. The Labute approximate surface area is 211 Å². The second-order valence-corrected chi connectivity index (χ2v) is 9.35. The van der Waals surface area contributed by atoms with Gasteiger partial charge in [-0.05, 0) is 47.1 Å². The highest BCUT2D eigenvalue weighted by Crippen LogP contribution is 2.37. The van der Waals surface area contributed by atoms with Crippen LogP contribution in [0.5, 0.6) is 16.7 Å². The molecule has 0 N–H and O–H groups in total. The molecule has 0 bridgehead atoms. The highest BCUT2D eigenvalue weighted by atomic mass is 32.1. The third kappa shape index (κ3) is 4.16. The van der Waals surface area contributed by atoms with Gasteiger partial charge in [-0.3, -0.25) is 0 Å². The molecule has 0 amide bonds. The average Bonchev–Trinajstić information content (AvgIpc) is 3.60. The van der Waals surface area contributed by atoms with Crippen molar-refractivity contribution in [3.8, 4) is 39.3 Å². The van der Waals surface area contributed by atoms with Gasteiger partial charge in [-0.15, -0.1) is 5.10 Å². The quantitative estimate of drug-likeness (QED) is 0.242. The van der Waals surface area contributed by atoms with Crippen LogP contribution in [0.15, 0.2) is 77.3 Å². The fourth-order valence-electron chi connectivity index (χ4n) is 4.08. The van der Waals surface area contributed by atoms with E-state index in [0.29, 0.717) is 40.3 Å². The van der Waals surface area contributed by atoms with Crippen molar-refractivity contribution < 1.29 is 18.6 Å². The third-order valence-corrected chi connectivity index (χ3v) is 6.85. The molecule has 3 heterocycles. The molecule has 7 nitrogen and oxygen atoms in total. The van der Waals surface area contributed by atoms with Crippen molar-refractivity contribution in [2.24, 2.45) is 0 Å².